The normalized spacial score (nSPS) is 12.1. The molecule has 1 unspecified atom stereocenters. The fourth-order valence-corrected chi connectivity index (χ4v) is 1.80. The Morgan fingerprint density at radius 1 is 1.27 bits per heavy atom. The summed E-state index contributed by atoms with van der Waals surface area (Å²) in [4.78, 5) is 24.0. The molecule has 0 saturated heterocycles. The summed E-state index contributed by atoms with van der Waals surface area (Å²) in [5.74, 6) is -3.23. The van der Waals surface area contributed by atoms with E-state index >= 15 is 0 Å². The fourth-order valence-electron chi connectivity index (χ4n) is 1.80. The lowest BCUT2D eigenvalue weighted by Gasteiger charge is -2.21. The molecule has 0 fully saturated rings. The first-order valence-corrected chi connectivity index (χ1v) is 7.29. The van der Waals surface area contributed by atoms with Gasteiger partial charge in [0.15, 0.2) is 0 Å². The van der Waals surface area contributed by atoms with Crippen molar-refractivity contribution >= 4 is 11.9 Å². The summed E-state index contributed by atoms with van der Waals surface area (Å²) in [5.41, 5.74) is -0.438. The van der Waals surface area contributed by atoms with Crippen LogP contribution in [0.1, 0.15) is 44.0 Å². The summed E-state index contributed by atoms with van der Waals surface area (Å²) < 4.78 is 31.8. The summed E-state index contributed by atoms with van der Waals surface area (Å²) in [5, 5.41) is 2.41. The molecule has 0 radical (unpaired) electrons. The molecule has 0 spiro atoms. The molecule has 122 valence electrons. The minimum atomic E-state index is -0.910. The number of benzene rings is 1. The van der Waals surface area contributed by atoms with Crippen LogP contribution in [-0.2, 0) is 9.53 Å². The predicted molar refractivity (Wildman–Crippen MR) is 78.3 cm³/mol. The van der Waals surface area contributed by atoms with Gasteiger partial charge in [0.05, 0.1) is 12.2 Å². The number of carbonyl (C=O) groups excluding carboxylic acids is 2. The quantitative estimate of drug-likeness (QED) is 0.622. The first-order valence-electron chi connectivity index (χ1n) is 7.29. The first-order chi connectivity index (χ1) is 10.4. The van der Waals surface area contributed by atoms with Crippen molar-refractivity contribution in [3.63, 3.8) is 0 Å². The Morgan fingerprint density at radius 3 is 2.55 bits per heavy atom. The zero-order valence-corrected chi connectivity index (χ0v) is 13.0. The van der Waals surface area contributed by atoms with E-state index < -0.39 is 35.1 Å². The Morgan fingerprint density at radius 2 is 1.95 bits per heavy atom. The number of hydrogen-bond acceptors (Lipinski definition) is 3. The van der Waals surface area contributed by atoms with Gasteiger partial charge in [0.1, 0.15) is 17.7 Å². The molecule has 1 aromatic rings. The first kappa shape index (κ1) is 18.1. The fraction of sp³-hybridized carbons (Fsp3) is 0.500. The van der Waals surface area contributed by atoms with Crippen molar-refractivity contribution in [1.29, 1.82) is 0 Å². The van der Waals surface area contributed by atoms with Gasteiger partial charge in [0.25, 0.3) is 5.91 Å². The Balaban J connectivity index is 2.80. The van der Waals surface area contributed by atoms with Crippen LogP contribution < -0.4 is 5.32 Å². The van der Waals surface area contributed by atoms with Gasteiger partial charge in [0.2, 0.25) is 0 Å². The zero-order chi connectivity index (χ0) is 16.7. The maximum Gasteiger partial charge on any atom is 0.328 e. The number of nitrogens with one attached hydrogen (secondary N) is 1. The lowest BCUT2D eigenvalue weighted by molar-refractivity contribution is -0.147. The molecule has 1 rings (SSSR count). The van der Waals surface area contributed by atoms with Gasteiger partial charge in [-0.15, -0.1) is 0 Å². The van der Waals surface area contributed by atoms with Gasteiger partial charge in [-0.2, -0.15) is 0 Å². The van der Waals surface area contributed by atoms with Crippen LogP contribution in [0.25, 0.3) is 0 Å². The number of rotatable bonds is 7. The van der Waals surface area contributed by atoms with Gasteiger partial charge < -0.3 is 10.1 Å². The average molecular weight is 313 g/mol. The van der Waals surface area contributed by atoms with E-state index in [1.165, 1.54) is 0 Å². The molecule has 6 heteroatoms. The Bertz CT molecular complexity index is 532. The predicted octanol–water partition coefficient (Wildman–Crippen LogP) is 3.06. The molecule has 0 saturated carbocycles. The standard InChI is InChI=1S/C16H21F2NO3/c1-4-5-8-22-16(21)14(10(2)3)19-15(20)12-9-11(17)6-7-13(12)18/h6-7,9-10,14H,4-5,8H2,1-3H3,(H,19,20). The highest BCUT2D eigenvalue weighted by molar-refractivity contribution is 5.97. The summed E-state index contributed by atoms with van der Waals surface area (Å²) in [6.07, 6.45) is 1.60. The van der Waals surface area contributed by atoms with Crippen molar-refractivity contribution in [2.75, 3.05) is 6.61 Å². The minimum Gasteiger partial charge on any atom is -0.464 e. The molecule has 0 bridgehead atoms. The van der Waals surface area contributed by atoms with E-state index in [2.05, 4.69) is 5.32 Å². The average Bonchev–Trinajstić information content (AvgIpc) is 2.46. The number of carbonyl (C=O) groups is 2. The molecule has 1 amide bonds. The maximum atomic E-state index is 13.6. The topological polar surface area (TPSA) is 55.4 Å². The number of hydrogen-bond donors (Lipinski definition) is 1. The second kappa shape index (κ2) is 8.46. The van der Waals surface area contributed by atoms with Crippen LogP contribution in [0, 0.1) is 17.6 Å². The van der Waals surface area contributed by atoms with Crippen molar-refractivity contribution in [3.8, 4) is 0 Å². The number of esters is 1. The molecule has 0 aromatic heterocycles. The van der Waals surface area contributed by atoms with E-state index in [9.17, 15) is 18.4 Å². The molecular weight excluding hydrogens is 292 g/mol. The monoisotopic (exact) mass is 313 g/mol. The summed E-state index contributed by atoms with van der Waals surface area (Å²) >= 11 is 0. The Kier molecular flexibility index (Phi) is 6.95. The summed E-state index contributed by atoms with van der Waals surface area (Å²) in [6, 6.07) is 1.68. The van der Waals surface area contributed by atoms with E-state index in [1.807, 2.05) is 6.92 Å². The van der Waals surface area contributed by atoms with Crippen molar-refractivity contribution in [3.05, 3.63) is 35.4 Å². The van der Waals surface area contributed by atoms with Crippen LogP contribution in [0.5, 0.6) is 0 Å². The number of ether oxygens (including phenoxy) is 1. The largest absolute Gasteiger partial charge is 0.464 e. The highest BCUT2D eigenvalue weighted by Gasteiger charge is 2.27. The molecule has 1 atom stereocenters. The number of halogens is 2. The van der Waals surface area contributed by atoms with Gasteiger partial charge in [-0.05, 0) is 30.5 Å². The molecular formula is C16H21F2NO3. The van der Waals surface area contributed by atoms with Crippen molar-refractivity contribution in [1.82, 2.24) is 5.32 Å². The molecule has 0 aliphatic heterocycles. The van der Waals surface area contributed by atoms with Crippen LogP contribution in [0.2, 0.25) is 0 Å². The van der Waals surface area contributed by atoms with Gasteiger partial charge in [-0.1, -0.05) is 27.2 Å². The van der Waals surface area contributed by atoms with Gasteiger partial charge in [0, 0.05) is 0 Å². The molecule has 22 heavy (non-hydrogen) atoms. The Labute approximate surface area is 128 Å². The van der Waals surface area contributed by atoms with Crippen molar-refractivity contribution in [2.45, 2.75) is 39.7 Å². The van der Waals surface area contributed by atoms with E-state index in [4.69, 9.17) is 4.74 Å². The smallest absolute Gasteiger partial charge is 0.328 e. The van der Waals surface area contributed by atoms with E-state index in [0.717, 1.165) is 31.0 Å². The highest BCUT2D eigenvalue weighted by atomic mass is 19.1. The van der Waals surface area contributed by atoms with E-state index in [-0.39, 0.29) is 12.5 Å². The zero-order valence-electron chi connectivity index (χ0n) is 13.0. The SMILES string of the molecule is CCCCOC(=O)C(NC(=O)c1cc(F)ccc1F)C(C)C. The number of unbranched alkanes of at least 4 members (excludes halogenated alkanes) is 1. The Hall–Kier alpha value is -1.98. The lowest BCUT2D eigenvalue weighted by atomic mass is 10.0. The van der Waals surface area contributed by atoms with Crippen molar-refractivity contribution in [2.24, 2.45) is 5.92 Å². The maximum absolute atomic E-state index is 13.6. The van der Waals surface area contributed by atoms with Gasteiger partial charge >= 0.3 is 5.97 Å². The molecule has 1 aromatic carbocycles. The van der Waals surface area contributed by atoms with E-state index in [1.54, 1.807) is 13.8 Å². The molecule has 0 aliphatic carbocycles. The molecule has 4 nitrogen and oxygen atoms in total. The third kappa shape index (κ3) is 5.09. The van der Waals surface area contributed by atoms with Crippen LogP contribution in [0.15, 0.2) is 18.2 Å². The van der Waals surface area contributed by atoms with Crippen LogP contribution in [0.3, 0.4) is 0 Å². The molecule has 0 aliphatic rings. The second-order valence-electron chi connectivity index (χ2n) is 5.34. The second-order valence-corrected chi connectivity index (χ2v) is 5.34. The van der Waals surface area contributed by atoms with Crippen LogP contribution in [0.4, 0.5) is 8.78 Å². The third-order valence-electron chi connectivity index (χ3n) is 3.12. The van der Waals surface area contributed by atoms with Gasteiger partial charge in [-0.3, -0.25) is 4.79 Å². The van der Waals surface area contributed by atoms with Crippen LogP contribution >= 0.6 is 0 Å². The van der Waals surface area contributed by atoms with Crippen molar-refractivity contribution < 1.29 is 23.1 Å². The lowest BCUT2D eigenvalue weighted by Crippen LogP contribution is -2.45. The number of amides is 1. The minimum absolute atomic E-state index is 0.241. The summed E-state index contributed by atoms with van der Waals surface area (Å²) in [6.45, 7) is 5.69. The molecule has 1 N–H and O–H groups in total. The third-order valence-corrected chi connectivity index (χ3v) is 3.12. The van der Waals surface area contributed by atoms with Crippen LogP contribution in [-0.4, -0.2) is 24.5 Å². The molecule has 0 heterocycles. The summed E-state index contributed by atoms with van der Waals surface area (Å²) in [7, 11) is 0. The van der Waals surface area contributed by atoms with E-state index in [0.29, 0.717) is 0 Å². The highest BCUT2D eigenvalue weighted by Crippen LogP contribution is 2.12. The van der Waals surface area contributed by atoms with Gasteiger partial charge in [-0.25, -0.2) is 13.6 Å².